The van der Waals surface area contributed by atoms with Crippen LogP contribution in [0.15, 0.2) is 47.4 Å². The molecule has 0 aromatic heterocycles. The predicted octanol–water partition coefficient (Wildman–Crippen LogP) is 3.59. The summed E-state index contributed by atoms with van der Waals surface area (Å²) in [5.74, 6) is 0.499. The molecule has 1 heterocycles. The monoisotopic (exact) mass is 430 g/mol. The molecule has 162 valence electrons. The van der Waals surface area contributed by atoms with Gasteiger partial charge in [0.05, 0.1) is 18.0 Å². The Bertz CT molecular complexity index is 994. The average Bonchev–Trinajstić information content (AvgIpc) is 2.74. The topological polar surface area (TPSA) is 75.7 Å². The van der Waals surface area contributed by atoms with E-state index in [0.717, 1.165) is 22.4 Å². The normalized spacial score (nSPS) is 16.8. The minimum Gasteiger partial charge on any atom is -0.496 e. The average molecular weight is 431 g/mol. The molecule has 1 atom stereocenters. The lowest BCUT2D eigenvalue weighted by atomic mass is 9.96. The molecule has 1 saturated heterocycles. The van der Waals surface area contributed by atoms with Crippen molar-refractivity contribution in [1.82, 2.24) is 9.62 Å². The summed E-state index contributed by atoms with van der Waals surface area (Å²) in [5.41, 5.74) is 3.05. The summed E-state index contributed by atoms with van der Waals surface area (Å²) in [7, 11) is -1.90. The number of methoxy groups -OCH3 is 1. The van der Waals surface area contributed by atoms with Crippen molar-refractivity contribution in [2.75, 3.05) is 20.2 Å². The lowest BCUT2D eigenvalue weighted by molar-refractivity contribution is -0.126. The second-order valence-corrected chi connectivity index (χ2v) is 9.91. The first-order valence-electron chi connectivity index (χ1n) is 10.2. The number of rotatable bonds is 6. The first-order valence-corrected chi connectivity index (χ1v) is 11.7. The summed E-state index contributed by atoms with van der Waals surface area (Å²) >= 11 is 0. The summed E-state index contributed by atoms with van der Waals surface area (Å²) in [4.78, 5) is 13.1. The van der Waals surface area contributed by atoms with Crippen LogP contribution in [-0.4, -0.2) is 38.8 Å². The van der Waals surface area contributed by atoms with Crippen LogP contribution in [0.2, 0.25) is 0 Å². The summed E-state index contributed by atoms with van der Waals surface area (Å²) < 4.78 is 32.6. The lowest BCUT2D eigenvalue weighted by Crippen LogP contribution is -2.43. The fourth-order valence-corrected chi connectivity index (χ4v) is 5.29. The highest BCUT2D eigenvalue weighted by atomic mass is 32.2. The van der Waals surface area contributed by atoms with E-state index in [-0.39, 0.29) is 17.9 Å². The number of hydrogen-bond acceptors (Lipinski definition) is 4. The number of ether oxygens (including phenoxy) is 1. The Morgan fingerprint density at radius 3 is 2.27 bits per heavy atom. The summed E-state index contributed by atoms with van der Waals surface area (Å²) in [6.45, 7) is 6.55. The number of carbonyl (C=O) groups is 1. The molecule has 1 aliphatic rings. The molecule has 0 saturated carbocycles. The number of amides is 1. The van der Waals surface area contributed by atoms with Crippen LogP contribution in [0.25, 0.3) is 0 Å². The lowest BCUT2D eigenvalue weighted by Gasteiger charge is -2.31. The second kappa shape index (κ2) is 9.18. The van der Waals surface area contributed by atoms with Gasteiger partial charge >= 0.3 is 0 Å². The highest BCUT2D eigenvalue weighted by molar-refractivity contribution is 7.89. The van der Waals surface area contributed by atoms with Crippen molar-refractivity contribution in [3.8, 4) is 5.75 Å². The van der Waals surface area contributed by atoms with E-state index in [9.17, 15) is 13.2 Å². The number of aryl methyl sites for hydroxylation is 2. The Morgan fingerprint density at radius 2 is 1.67 bits per heavy atom. The third-order valence-electron chi connectivity index (χ3n) is 5.69. The van der Waals surface area contributed by atoms with Gasteiger partial charge in [-0.1, -0.05) is 35.4 Å². The Balaban J connectivity index is 1.61. The SMILES string of the molecule is COc1ccc(C)cc1C(C)NC(=O)C1CCN(S(=O)(=O)c2ccc(C)cc2)CC1. The van der Waals surface area contributed by atoms with E-state index in [0.29, 0.717) is 30.8 Å². The van der Waals surface area contributed by atoms with Gasteiger partial charge in [-0.15, -0.1) is 0 Å². The Morgan fingerprint density at radius 1 is 1.07 bits per heavy atom. The minimum absolute atomic E-state index is 0.0431. The van der Waals surface area contributed by atoms with E-state index in [2.05, 4.69) is 5.32 Å². The Labute approximate surface area is 179 Å². The molecular formula is C23H30N2O4S. The van der Waals surface area contributed by atoms with E-state index in [4.69, 9.17) is 4.74 Å². The molecule has 0 bridgehead atoms. The fraction of sp³-hybridized carbons (Fsp3) is 0.435. The highest BCUT2D eigenvalue weighted by Crippen LogP contribution is 2.28. The van der Waals surface area contributed by atoms with E-state index < -0.39 is 10.0 Å². The molecule has 1 amide bonds. The standard InChI is InChI=1S/C23H30N2O4S/c1-16-5-8-20(9-6-16)30(27,28)25-13-11-19(12-14-25)23(26)24-18(3)21-15-17(2)7-10-22(21)29-4/h5-10,15,18-19H,11-14H2,1-4H3,(H,24,26). The molecule has 1 unspecified atom stereocenters. The predicted molar refractivity (Wildman–Crippen MR) is 117 cm³/mol. The third kappa shape index (κ3) is 4.84. The number of benzene rings is 2. The first-order chi connectivity index (χ1) is 14.2. The van der Waals surface area contributed by atoms with Gasteiger partial charge in [-0.05, 0) is 51.8 Å². The number of piperidine rings is 1. The van der Waals surface area contributed by atoms with Crippen LogP contribution in [0.5, 0.6) is 5.75 Å². The zero-order chi connectivity index (χ0) is 21.9. The number of hydrogen-bond donors (Lipinski definition) is 1. The molecule has 6 nitrogen and oxygen atoms in total. The zero-order valence-electron chi connectivity index (χ0n) is 18.0. The van der Waals surface area contributed by atoms with Gasteiger partial charge in [-0.25, -0.2) is 8.42 Å². The van der Waals surface area contributed by atoms with Crippen molar-refractivity contribution in [2.24, 2.45) is 5.92 Å². The van der Waals surface area contributed by atoms with Crippen LogP contribution in [-0.2, 0) is 14.8 Å². The first kappa shape index (κ1) is 22.3. The van der Waals surface area contributed by atoms with E-state index in [1.807, 2.05) is 39.0 Å². The van der Waals surface area contributed by atoms with E-state index in [1.54, 1.807) is 31.4 Å². The summed E-state index contributed by atoms with van der Waals surface area (Å²) in [5, 5.41) is 3.07. The smallest absolute Gasteiger partial charge is 0.243 e. The van der Waals surface area contributed by atoms with Gasteiger partial charge in [0.15, 0.2) is 0 Å². The largest absolute Gasteiger partial charge is 0.496 e. The Kier molecular flexibility index (Phi) is 6.83. The van der Waals surface area contributed by atoms with Crippen molar-refractivity contribution < 1.29 is 17.9 Å². The van der Waals surface area contributed by atoms with Crippen molar-refractivity contribution in [2.45, 2.75) is 44.6 Å². The summed E-state index contributed by atoms with van der Waals surface area (Å²) in [6.07, 6.45) is 1.02. The third-order valence-corrected chi connectivity index (χ3v) is 7.61. The van der Waals surface area contributed by atoms with Crippen LogP contribution in [0.1, 0.15) is 42.5 Å². The quantitative estimate of drug-likeness (QED) is 0.760. The van der Waals surface area contributed by atoms with Crippen molar-refractivity contribution in [3.05, 3.63) is 59.2 Å². The number of sulfonamides is 1. The second-order valence-electron chi connectivity index (χ2n) is 7.97. The van der Waals surface area contributed by atoms with Gasteiger partial charge in [0.25, 0.3) is 0 Å². The molecule has 0 aliphatic carbocycles. The van der Waals surface area contributed by atoms with Crippen LogP contribution in [0, 0.1) is 19.8 Å². The number of nitrogens with one attached hydrogen (secondary N) is 1. The van der Waals surface area contributed by atoms with Crippen LogP contribution >= 0.6 is 0 Å². The molecular weight excluding hydrogens is 400 g/mol. The van der Waals surface area contributed by atoms with Gasteiger partial charge in [-0.3, -0.25) is 4.79 Å². The highest BCUT2D eigenvalue weighted by Gasteiger charge is 2.32. The number of nitrogens with zero attached hydrogens (tertiary/aromatic N) is 1. The van der Waals surface area contributed by atoms with Crippen molar-refractivity contribution in [3.63, 3.8) is 0 Å². The molecule has 7 heteroatoms. The fourth-order valence-electron chi connectivity index (χ4n) is 3.82. The van der Waals surface area contributed by atoms with Gasteiger partial charge in [-0.2, -0.15) is 4.31 Å². The van der Waals surface area contributed by atoms with Crippen LogP contribution < -0.4 is 10.1 Å². The van der Waals surface area contributed by atoms with E-state index in [1.165, 1.54) is 4.31 Å². The molecule has 30 heavy (non-hydrogen) atoms. The molecule has 1 aliphatic heterocycles. The molecule has 2 aromatic carbocycles. The molecule has 0 spiro atoms. The maximum Gasteiger partial charge on any atom is 0.243 e. The van der Waals surface area contributed by atoms with Crippen molar-refractivity contribution >= 4 is 15.9 Å². The van der Waals surface area contributed by atoms with Gasteiger partial charge in [0.1, 0.15) is 5.75 Å². The van der Waals surface area contributed by atoms with Gasteiger partial charge in [0, 0.05) is 24.6 Å². The number of carbonyl (C=O) groups excluding carboxylic acids is 1. The van der Waals surface area contributed by atoms with Crippen LogP contribution in [0.3, 0.4) is 0 Å². The maximum atomic E-state index is 12.9. The zero-order valence-corrected chi connectivity index (χ0v) is 18.8. The molecule has 3 rings (SSSR count). The molecule has 2 aromatic rings. The summed E-state index contributed by atoms with van der Waals surface area (Å²) in [6, 6.07) is 12.6. The van der Waals surface area contributed by atoms with Gasteiger partial charge < -0.3 is 10.1 Å². The Hall–Kier alpha value is -2.38. The van der Waals surface area contributed by atoms with Crippen LogP contribution in [0.4, 0.5) is 0 Å². The minimum atomic E-state index is -3.52. The van der Waals surface area contributed by atoms with Crippen molar-refractivity contribution in [1.29, 1.82) is 0 Å². The molecule has 1 fully saturated rings. The molecule has 1 N–H and O–H groups in total. The maximum absolute atomic E-state index is 12.9. The van der Waals surface area contributed by atoms with E-state index >= 15 is 0 Å². The van der Waals surface area contributed by atoms with Gasteiger partial charge in [0.2, 0.25) is 15.9 Å². The molecule has 0 radical (unpaired) electrons.